The Bertz CT molecular complexity index is 302. The maximum atomic E-state index is 5.52. The summed E-state index contributed by atoms with van der Waals surface area (Å²) in [6, 6.07) is 2.02. The standard InChI is InChI=1S/C10H15N3S.ClH/c11-6-10-12-4-3-9(13-10)8-2-1-5-14-7-8;/h3-4,8H,1-2,5-7,11H2;1H. The van der Waals surface area contributed by atoms with Gasteiger partial charge in [0.2, 0.25) is 0 Å². The van der Waals surface area contributed by atoms with E-state index in [1.54, 1.807) is 0 Å². The zero-order chi connectivity index (χ0) is 9.80. The number of thioether (sulfide) groups is 1. The van der Waals surface area contributed by atoms with E-state index in [1.807, 2.05) is 24.0 Å². The first-order valence-corrected chi connectivity index (χ1v) is 6.15. The van der Waals surface area contributed by atoms with E-state index >= 15 is 0 Å². The minimum Gasteiger partial charge on any atom is -0.324 e. The van der Waals surface area contributed by atoms with Gasteiger partial charge in [-0.3, -0.25) is 0 Å². The van der Waals surface area contributed by atoms with Gasteiger partial charge in [-0.1, -0.05) is 0 Å². The highest BCUT2D eigenvalue weighted by atomic mass is 35.5. The normalized spacial score (nSPS) is 20.7. The molecule has 1 aliphatic rings. The van der Waals surface area contributed by atoms with Gasteiger partial charge in [-0.05, 0) is 24.7 Å². The highest BCUT2D eigenvalue weighted by molar-refractivity contribution is 7.99. The van der Waals surface area contributed by atoms with Crippen LogP contribution in [0.3, 0.4) is 0 Å². The van der Waals surface area contributed by atoms with Crippen LogP contribution < -0.4 is 5.73 Å². The van der Waals surface area contributed by atoms with E-state index in [9.17, 15) is 0 Å². The van der Waals surface area contributed by atoms with Crippen LogP contribution in [0, 0.1) is 0 Å². The van der Waals surface area contributed by atoms with Gasteiger partial charge in [-0.15, -0.1) is 12.4 Å². The third kappa shape index (κ3) is 3.33. The third-order valence-electron chi connectivity index (χ3n) is 2.49. The second-order valence-corrected chi connectivity index (χ2v) is 4.67. The van der Waals surface area contributed by atoms with Crippen LogP contribution >= 0.6 is 24.2 Å². The Morgan fingerprint density at radius 3 is 3.07 bits per heavy atom. The second kappa shape index (κ2) is 6.30. The summed E-state index contributed by atoms with van der Waals surface area (Å²) in [6.45, 7) is 0.438. The average molecular weight is 246 g/mol. The van der Waals surface area contributed by atoms with E-state index in [0.717, 1.165) is 5.82 Å². The van der Waals surface area contributed by atoms with Crippen molar-refractivity contribution in [2.45, 2.75) is 25.3 Å². The molecule has 84 valence electrons. The van der Waals surface area contributed by atoms with Crippen molar-refractivity contribution in [3.8, 4) is 0 Å². The van der Waals surface area contributed by atoms with Crippen molar-refractivity contribution in [1.82, 2.24) is 9.97 Å². The molecule has 0 spiro atoms. The highest BCUT2D eigenvalue weighted by Crippen LogP contribution is 2.29. The van der Waals surface area contributed by atoms with E-state index < -0.39 is 0 Å². The molecule has 2 rings (SSSR count). The molecular formula is C10H16ClN3S. The summed E-state index contributed by atoms with van der Waals surface area (Å²) in [7, 11) is 0. The summed E-state index contributed by atoms with van der Waals surface area (Å²) >= 11 is 2.02. The summed E-state index contributed by atoms with van der Waals surface area (Å²) in [5.41, 5.74) is 6.69. The fourth-order valence-electron chi connectivity index (χ4n) is 1.71. The van der Waals surface area contributed by atoms with E-state index in [0.29, 0.717) is 12.5 Å². The molecule has 0 amide bonds. The predicted octanol–water partition coefficient (Wildman–Crippen LogP) is 1.97. The molecule has 1 atom stereocenters. The zero-order valence-electron chi connectivity index (χ0n) is 8.56. The molecule has 1 saturated heterocycles. The summed E-state index contributed by atoms with van der Waals surface area (Å²) in [5, 5.41) is 0. The molecule has 3 nitrogen and oxygen atoms in total. The van der Waals surface area contributed by atoms with Gasteiger partial charge in [-0.25, -0.2) is 9.97 Å². The molecule has 2 heterocycles. The summed E-state index contributed by atoms with van der Waals surface area (Å²) < 4.78 is 0. The van der Waals surface area contributed by atoms with Gasteiger partial charge in [-0.2, -0.15) is 11.8 Å². The summed E-state index contributed by atoms with van der Waals surface area (Å²) in [4.78, 5) is 8.58. The third-order valence-corrected chi connectivity index (χ3v) is 3.70. The van der Waals surface area contributed by atoms with Crippen LogP contribution in [0.1, 0.15) is 30.3 Å². The van der Waals surface area contributed by atoms with Crippen LogP contribution in [0.5, 0.6) is 0 Å². The van der Waals surface area contributed by atoms with Gasteiger partial charge in [0, 0.05) is 23.6 Å². The van der Waals surface area contributed by atoms with Crippen molar-refractivity contribution in [2.75, 3.05) is 11.5 Å². The number of nitrogens with zero attached hydrogens (tertiary/aromatic N) is 2. The van der Waals surface area contributed by atoms with Gasteiger partial charge >= 0.3 is 0 Å². The average Bonchev–Trinajstić information content (AvgIpc) is 2.30. The van der Waals surface area contributed by atoms with Crippen LogP contribution in [-0.4, -0.2) is 21.5 Å². The maximum absolute atomic E-state index is 5.52. The minimum absolute atomic E-state index is 0. The van der Waals surface area contributed by atoms with E-state index in [-0.39, 0.29) is 12.4 Å². The van der Waals surface area contributed by atoms with Crippen LogP contribution in [0.25, 0.3) is 0 Å². The Morgan fingerprint density at radius 1 is 1.53 bits per heavy atom. The van der Waals surface area contributed by atoms with Crippen molar-refractivity contribution in [1.29, 1.82) is 0 Å². The Kier molecular flexibility index (Phi) is 5.36. The first-order chi connectivity index (χ1) is 6.90. The lowest BCUT2D eigenvalue weighted by Crippen LogP contribution is -2.12. The molecular weight excluding hydrogens is 230 g/mol. The Labute approximate surface area is 101 Å². The quantitative estimate of drug-likeness (QED) is 0.866. The smallest absolute Gasteiger partial charge is 0.142 e. The predicted molar refractivity (Wildman–Crippen MR) is 66.5 cm³/mol. The van der Waals surface area contributed by atoms with Crippen molar-refractivity contribution in [3.63, 3.8) is 0 Å². The van der Waals surface area contributed by atoms with Crippen molar-refractivity contribution in [2.24, 2.45) is 5.73 Å². The van der Waals surface area contributed by atoms with Crippen molar-refractivity contribution < 1.29 is 0 Å². The molecule has 1 aliphatic heterocycles. The lowest BCUT2D eigenvalue weighted by Gasteiger charge is -2.20. The van der Waals surface area contributed by atoms with E-state index in [2.05, 4.69) is 9.97 Å². The molecule has 0 aliphatic carbocycles. The fraction of sp³-hybridized carbons (Fsp3) is 0.600. The van der Waals surface area contributed by atoms with Gasteiger partial charge in [0.1, 0.15) is 5.82 Å². The second-order valence-electron chi connectivity index (χ2n) is 3.52. The largest absolute Gasteiger partial charge is 0.324 e. The molecule has 0 aromatic carbocycles. The van der Waals surface area contributed by atoms with Crippen LogP contribution in [-0.2, 0) is 6.54 Å². The van der Waals surface area contributed by atoms with Crippen molar-refractivity contribution >= 4 is 24.2 Å². The molecule has 0 bridgehead atoms. The van der Waals surface area contributed by atoms with Crippen LogP contribution in [0.15, 0.2) is 12.3 Å². The number of aromatic nitrogens is 2. The molecule has 1 unspecified atom stereocenters. The van der Waals surface area contributed by atoms with Gasteiger partial charge < -0.3 is 5.73 Å². The molecule has 0 radical (unpaired) electrons. The molecule has 1 fully saturated rings. The topological polar surface area (TPSA) is 51.8 Å². The van der Waals surface area contributed by atoms with E-state index in [4.69, 9.17) is 5.73 Å². The van der Waals surface area contributed by atoms with Crippen molar-refractivity contribution in [3.05, 3.63) is 23.8 Å². The van der Waals surface area contributed by atoms with Gasteiger partial charge in [0.15, 0.2) is 0 Å². The molecule has 5 heteroatoms. The molecule has 15 heavy (non-hydrogen) atoms. The number of halogens is 1. The Hall–Kier alpha value is -0.320. The Balaban J connectivity index is 0.00000112. The first-order valence-electron chi connectivity index (χ1n) is 5.00. The lowest BCUT2D eigenvalue weighted by molar-refractivity contribution is 0.635. The lowest BCUT2D eigenvalue weighted by atomic mass is 10.0. The molecule has 1 aromatic rings. The number of hydrogen-bond donors (Lipinski definition) is 1. The minimum atomic E-state index is 0. The summed E-state index contributed by atoms with van der Waals surface area (Å²) in [5.74, 6) is 3.87. The number of nitrogens with two attached hydrogens (primary N) is 1. The molecule has 1 aromatic heterocycles. The van der Waals surface area contributed by atoms with Gasteiger partial charge in [0.05, 0.1) is 6.54 Å². The van der Waals surface area contributed by atoms with Gasteiger partial charge in [0.25, 0.3) is 0 Å². The van der Waals surface area contributed by atoms with Crippen LogP contribution in [0.4, 0.5) is 0 Å². The fourth-order valence-corrected chi connectivity index (χ4v) is 2.87. The Morgan fingerprint density at radius 2 is 2.40 bits per heavy atom. The highest BCUT2D eigenvalue weighted by Gasteiger charge is 2.17. The van der Waals surface area contributed by atoms with E-state index in [1.165, 1.54) is 30.0 Å². The monoisotopic (exact) mass is 245 g/mol. The zero-order valence-corrected chi connectivity index (χ0v) is 10.2. The maximum Gasteiger partial charge on any atom is 0.142 e. The summed E-state index contributed by atoms with van der Waals surface area (Å²) in [6.07, 6.45) is 4.38. The SMILES string of the molecule is Cl.NCc1nccc(C2CCCSC2)n1. The number of rotatable bonds is 2. The number of hydrogen-bond acceptors (Lipinski definition) is 4. The molecule has 0 saturated carbocycles. The van der Waals surface area contributed by atoms with Crippen LogP contribution in [0.2, 0.25) is 0 Å². The molecule has 2 N–H and O–H groups in total. The first kappa shape index (κ1) is 12.7.